The van der Waals surface area contributed by atoms with Crippen molar-refractivity contribution in [1.82, 2.24) is 0 Å². The zero-order chi connectivity index (χ0) is 12.0. The van der Waals surface area contributed by atoms with E-state index in [4.69, 9.17) is 0 Å². The normalized spacial score (nSPS) is 1.64. The Hall–Kier alpha value is 0. The Kier molecular flexibility index (Phi) is 0. The van der Waals surface area contributed by atoms with Crippen molar-refractivity contribution in [2.45, 2.75) is 157 Å². The molecule has 0 aliphatic rings. The molecule has 0 bridgehead atoms. The lowest BCUT2D eigenvalue weighted by Gasteiger charge is -1.07. The molecule has 0 aliphatic heterocycles. The molecule has 0 aliphatic carbocycles. The van der Waals surface area contributed by atoms with Gasteiger partial charge in [-0.1, -0.05) is 157 Å². The molecule has 0 saturated heterocycles. The average molecular weight is 341 g/mol. The Morgan fingerprint density at radius 2 is 0.136 bits per heavy atom. The molecule has 0 spiro atoms. The van der Waals surface area contributed by atoms with Gasteiger partial charge in [0.2, 0.25) is 0 Å². The fourth-order valence-electron chi connectivity index (χ4n) is 0. The summed E-state index contributed by atoms with van der Waals surface area (Å²) in [7, 11) is 0. The Labute approximate surface area is 157 Å². The van der Waals surface area contributed by atoms with E-state index in [2.05, 4.69) is 0 Å². The summed E-state index contributed by atoms with van der Waals surface area (Å²) in [6.45, 7) is 24.0. The van der Waals surface area contributed by atoms with E-state index in [1.54, 1.807) is 0 Å². The standard InChI is InChI=1S/6C2H6.10CH4/c6*1-2;;;;;;;;;;/h6*1-2H3;10*1H4. The van der Waals surface area contributed by atoms with Gasteiger partial charge < -0.3 is 0 Å². The molecule has 0 saturated carbocycles. The van der Waals surface area contributed by atoms with Crippen molar-refractivity contribution in [2.24, 2.45) is 0 Å². The molecule has 0 fully saturated rings. The van der Waals surface area contributed by atoms with Crippen molar-refractivity contribution in [1.29, 1.82) is 0 Å². The van der Waals surface area contributed by atoms with Gasteiger partial charge in [0.1, 0.15) is 0 Å². The third kappa shape index (κ3) is 0. The summed E-state index contributed by atoms with van der Waals surface area (Å²) in [6.07, 6.45) is 0. The highest BCUT2D eigenvalue weighted by Crippen LogP contribution is 1.15. The van der Waals surface area contributed by atoms with E-state index < -0.39 is 0 Å². The molecule has 0 aromatic rings. The average Bonchev–Trinajstić information content (AvgIpc) is 2.33. The summed E-state index contributed by atoms with van der Waals surface area (Å²) < 4.78 is 0. The second-order valence-corrected chi connectivity index (χ2v) is 0. The fourth-order valence-corrected chi connectivity index (χ4v) is 0. The van der Waals surface area contributed by atoms with Crippen molar-refractivity contribution in [3.8, 4) is 0 Å². The molecule has 164 valence electrons. The third-order valence-electron chi connectivity index (χ3n) is 0. The SMILES string of the molecule is C.C.C.C.C.C.C.C.C.C.CC.CC.CC.CC.CC.CC. The first-order chi connectivity index (χ1) is 6.00. The van der Waals surface area contributed by atoms with Gasteiger partial charge >= 0.3 is 0 Å². The van der Waals surface area contributed by atoms with Crippen LogP contribution in [0.5, 0.6) is 0 Å². The lowest BCUT2D eigenvalue weighted by atomic mass is 11.0. The molecule has 0 aromatic heterocycles. The van der Waals surface area contributed by atoms with Gasteiger partial charge in [-0.15, -0.1) is 0 Å². The van der Waals surface area contributed by atoms with Crippen LogP contribution in [0.2, 0.25) is 0 Å². The third-order valence-corrected chi connectivity index (χ3v) is 0. The summed E-state index contributed by atoms with van der Waals surface area (Å²) in [5.74, 6) is 0. The maximum atomic E-state index is 2.00. The van der Waals surface area contributed by atoms with Crippen molar-refractivity contribution in [3.05, 3.63) is 0 Å². The zero-order valence-corrected chi connectivity index (χ0v) is 12.0. The van der Waals surface area contributed by atoms with Crippen LogP contribution in [0.3, 0.4) is 0 Å². The van der Waals surface area contributed by atoms with Gasteiger partial charge in [-0.05, 0) is 0 Å². The molecular weight excluding hydrogens is 264 g/mol. The minimum Gasteiger partial charge on any atom is -0.0776 e. The topological polar surface area (TPSA) is 0 Å². The van der Waals surface area contributed by atoms with Gasteiger partial charge in [-0.3, -0.25) is 0 Å². The molecule has 0 heterocycles. The molecule has 0 atom stereocenters. The molecule has 0 rings (SSSR count). The summed E-state index contributed by atoms with van der Waals surface area (Å²) in [4.78, 5) is 0. The van der Waals surface area contributed by atoms with Crippen LogP contribution in [0.1, 0.15) is 157 Å². The second kappa shape index (κ2) is 0. The van der Waals surface area contributed by atoms with Crippen LogP contribution in [0.15, 0.2) is 0 Å². The van der Waals surface area contributed by atoms with Crippen LogP contribution in [-0.4, -0.2) is 0 Å². The fraction of sp³-hybridized carbons (Fsp3) is 1.00. The maximum Gasteiger partial charge on any atom is -0.0683 e. The quantitative estimate of drug-likeness (QED) is 0.411. The Morgan fingerprint density at radius 1 is 0.136 bits per heavy atom. The summed E-state index contributed by atoms with van der Waals surface area (Å²) >= 11 is 0. The van der Waals surface area contributed by atoms with Crippen LogP contribution >= 0.6 is 0 Å². The van der Waals surface area contributed by atoms with Crippen molar-refractivity contribution < 1.29 is 0 Å². The second-order valence-electron chi connectivity index (χ2n) is 0. The highest BCUT2D eigenvalue weighted by atomic mass is 13.0. The van der Waals surface area contributed by atoms with Gasteiger partial charge in [0.25, 0.3) is 0 Å². The van der Waals surface area contributed by atoms with E-state index in [-0.39, 0.29) is 74.3 Å². The Balaban J connectivity index is -0.00000000129. The monoisotopic (exact) mass is 341 g/mol. The zero-order valence-electron chi connectivity index (χ0n) is 12.0. The molecule has 0 amide bonds. The Bertz CT molecular complexity index is 0. The highest BCUT2D eigenvalue weighted by Gasteiger charge is 0.942. The van der Waals surface area contributed by atoms with Crippen LogP contribution in [0, 0.1) is 0 Å². The predicted molar refractivity (Wildman–Crippen MR) is 135 cm³/mol. The maximum absolute atomic E-state index is 2.00. The van der Waals surface area contributed by atoms with Crippen LogP contribution < -0.4 is 0 Å². The lowest BCUT2D eigenvalue weighted by Crippen LogP contribution is -0.856. The van der Waals surface area contributed by atoms with Gasteiger partial charge in [0.15, 0.2) is 0 Å². The summed E-state index contributed by atoms with van der Waals surface area (Å²) in [6, 6.07) is 0. The molecule has 22 heavy (non-hydrogen) atoms. The minimum atomic E-state index is 0. The highest BCUT2D eigenvalue weighted by molar-refractivity contribution is 3.51. The van der Waals surface area contributed by atoms with Gasteiger partial charge in [0, 0.05) is 0 Å². The molecule has 0 heteroatoms. The Morgan fingerprint density at radius 3 is 0.136 bits per heavy atom. The van der Waals surface area contributed by atoms with E-state index in [1.807, 2.05) is 83.1 Å². The summed E-state index contributed by atoms with van der Waals surface area (Å²) in [5, 5.41) is 0. The molecule has 0 aromatic carbocycles. The van der Waals surface area contributed by atoms with Crippen molar-refractivity contribution in [2.75, 3.05) is 0 Å². The minimum absolute atomic E-state index is 0. The number of rotatable bonds is 0. The van der Waals surface area contributed by atoms with Gasteiger partial charge in [-0.2, -0.15) is 0 Å². The van der Waals surface area contributed by atoms with Crippen LogP contribution in [0.4, 0.5) is 0 Å². The first kappa shape index (κ1) is 270. The molecule has 0 N–H and O–H groups in total. The number of hydrogen-bond donors (Lipinski definition) is 0. The van der Waals surface area contributed by atoms with Crippen LogP contribution in [0.25, 0.3) is 0 Å². The molecule has 0 radical (unpaired) electrons. The van der Waals surface area contributed by atoms with Crippen LogP contribution in [-0.2, 0) is 0 Å². The van der Waals surface area contributed by atoms with Crippen molar-refractivity contribution in [3.63, 3.8) is 0 Å². The molecular formula is C22H76. The van der Waals surface area contributed by atoms with E-state index >= 15 is 0 Å². The van der Waals surface area contributed by atoms with E-state index in [0.717, 1.165) is 0 Å². The smallest absolute Gasteiger partial charge is 0.0683 e. The lowest BCUT2D eigenvalue weighted by molar-refractivity contribution is 1.50. The predicted octanol–water partition coefficient (Wildman–Crippen LogP) is 12.5. The first-order valence-electron chi connectivity index (χ1n) is 6.00. The van der Waals surface area contributed by atoms with Crippen molar-refractivity contribution >= 4 is 0 Å². The first-order valence-corrected chi connectivity index (χ1v) is 6.00. The number of hydrogen-bond acceptors (Lipinski definition) is 0. The summed E-state index contributed by atoms with van der Waals surface area (Å²) in [5.41, 5.74) is 0. The van der Waals surface area contributed by atoms with Gasteiger partial charge in [-0.25, -0.2) is 0 Å². The van der Waals surface area contributed by atoms with Gasteiger partial charge in [0.05, 0.1) is 0 Å². The molecule has 0 nitrogen and oxygen atoms in total. The molecule has 0 unspecified atom stereocenters. The largest absolute Gasteiger partial charge is 0.0776 e. The van der Waals surface area contributed by atoms with E-state index in [1.165, 1.54) is 0 Å². The van der Waals surface area contributed by atoms with E-state index in [9.17, 15) is 0 Å². The van der Waals surface area contributed by atoms with E-state index in [0.29, 0.717) is 0 Å².